The summed E-state index contributed by atoms with van der Waals surface area (Å²) in [5.74, 6) is 3.68. The van der Waals surface area contributed by atoms with Crippen molar-refractivity contribution in [1.82, 2.24) is 29.7 Å². The molecule has 0 radical (unpaired) electrons. The highest BCUT2D eigenvalue weighted by Crippen LogP contribution is 2.42. The lowest BCUT2D eigenvalue weighted by Crippen LogP contribution is -2.39. The van der Waals surface area contributed by atoms with Crippen LogP contribution in [0.2, 0.25) is 0 Å². The maximum atomic E-state index is 13.7. The van der Waals surface area contributed by atoms with E-state index >= 15 is 0 Å². The summed E-state index contributed by atoms with van der Waals surface area (Å²) in [6.07, 6.45) is 11.1. The van der Waals surface area contributed by atoms with Gasteiger partial charge in [0.25, 0.3) is 0 Å². The SMILES string of the molecule is CCCC(CCC)CC(=O)N(Cc1nc2ccc3cc4c(cc3c2[nH]1)OCc1cc(-c2cnc(CN(C(=O)CC3CCOCC3)[C@@H](C)CC)[nH]2)ccc1-4)[C@@H](C)CC. The van der Waals surface area contributed by atoms with Crippen LogP contribution in [0.5, 0.6) is 5.75 Å². The Morgan fingerprint density at radius 3 is 2.28 bits per heavy atom. The first kappa shape index (κ1) is 40.5. The van der Waals surface area contributed by atoms with Crippen LogP contribution in [0, 0.1) is 11.8 Å². The van der Waals surface area contributed by atoms with Crippen LogP contribution in [0.4, 0.5) is 0 Å². The second-order valence-electron chi connectivity index (χ2n) is 16.6. The minimum atomic E-state index is 0.128. The molecule has 304 valence electrons. The third-order valence-electron chi connectivity index (χ3n) is 12.5. The van der Waals surface area contributed by atoms with Gasteiger partial charge in [-0.2, -0.15) is 0 Å². The van der Waals surface area contributed by atoms with Crippen molar-refractivity contribution in [3.63, 3.8) is 0 Å². The molecule has 1 saturated heterocycles. The van der Waals surface area contributed by atoms with E-state index in [0.717, 1.165) is 132 Å². The summed E-state index contributed by atoms with van der Waals surface area (Å²) in [7, 11) is 0. The first-order valence-electron chi connectivity index (χ1n) is 21.6. The van der Waals surface area contributed by atoms with Gasteiger partial charge >= 0.3 is 0 Å². The van der Waals surface area contributed by atoms with Gasteiger partial charge in [-0.15, -0.1) is 0 Å². The molecule has 2 N–H and O–H groups in total. The lowest BCUT2D eigenvalue weighted by atomic mass is 9.92. The molecule has 2 amide bonds. The van der Waals surface area contributed by atoms with Crippen LogP contribution >= 0.6 is 0 Å². The van der Waals surface area contributed by atoms with Crippen LogP contribution in [0.1, 0.15) is 123 Å². The van der Waals surface area contributed by atoms with Crippen LogP contribution in [-0.4, -0.2) is 66.8 Å². The van der Waals surface area contributed by atoms with Crippen LogP contribution in [0.15, 0.2) is 48.7 Å². The van der Waals surface area contributed by atoms with Crippen LogP contribution < -0.4 is 4.74 Å². The van der Waals surface area contributed by atoms with Gasteiger partial charge < -0.3 is 29.2 Å². The van der Waals surface area contributed by atoms with Crippen molar-refractivity contribution < 1.29 is 19.1 Å². The molecule has 5 aromatic rings. The molecule has 10 nitrogen and oxygen atoms in total. The number of aromatic amines is 2. The largest absolute Gasteiger partial charge is 0.488 e. The molecule has 1 fully saturated rings. The Labute approximate surface area is 338 Å². The summed E-state index contributed by atoms with van der Waals surface area (Å²) < 4.78 is 12.0. The third-order valence-corrected chi connectivity index (χ3v) is 12.5. The molecule has 0 aliphatic carbocycles. The number of aromatic nitrogens is 4. The van der Waals surface area contributed by atoms with E-state index in [4.69, 9.17) is 19.4 Å². The Morgan fingerprint density at radius 1 is 0.842 bits per heavy atom. The van der Waals surface area contributed by atoms with Gasteiger partial charge in [-0.25, -0.2) is 9.97 Å². The molecule has 10 heteroatoms. The predicted octanol–water partition coefficient (Wildman–Crippen LogP) is 10.3. The molecule has 0 unspecified atom stereocenters. The standard InChI is InChI=1S/C47H62N6O4/c1-7-11-32(12-8-2)21-45(54)53(31(6)10-4)28-44-49-40-16-14-34-24-39-37-15-13-35(23-36(37)29-57-42(39)25-38(34)47(40)51-44)41-26-48-43(50-41)27-52(30(5)9-3)46(55)22-33-17-19-56-20-18-33/h13-16,23-26,30-33H,7-12,17-22,27-29H2,1-6H3,(H,48,50)(H,49,51)/t30-,31-/m0/s1. The summed E-state index contributed by atoms with van der Waals surface area (Å²) in [5, 5.41) is 2.16. The fourth-order valence-electron chi connectivity index (χ4n) is 8.76. The number of hydrogen-bond donors (Lipinski definition) is 2. The zero-order chi connectivity index (χ0) is 40.1. The Bertz CT molecular complexity index is 2160. The van der Waals surface area contributed by atoms with Crippen molar-refractivity contribution in [2.45, 2.75) is 138 Å². The van der Waals surface area contributed by atoms with Gasteiger partial charge in [-0.1, -0.05) is 71.6 Å². The van der Waals surface area contributed by atoms with Crippen molar-refractivity contribution in [3.05, 3.63) is 65.9 Å². The molecule has 2 atom stereocenters. The minimum Gasteiger partial charge on any atom is -0.488 e. The molecule has 4 heterocycles. The Hall–Kier alpha value is -4.70. The highest BCUT2D eigenvalue weighted by atomic mass is 16.5. The van der Waals surface area contributed by atoms with Gasteiger partial charge in [0.05, 0.1) is 36.0 Å². The number of rotatable bonds is 17. The Morgan fingerprint density at radius 2 is 1.56 bits per heavy atom. The predicted molar refractivity (Wildman–Crippen MR) is 228 cm³/mol. The number of nitrogens with zero attached hydrogens (tertiary/aromatic N) is 4. The van der Waals surface area contributed by atoms with E-state index < -0.39 is 0 Å². The van der Waals surface area contributed by atoms with Gasteiger partial charge in [-0.05, 0) is 97.7 Å². The molecule has 2 aromatic heterocycles. The Balaban J connectivity index is 1.09. The van der Waals surface area contributed by atoms with Crippen LogP contribution in [0.3, 0.4) is 0 Å². The third kappa shape index (κ3) is 9.06. The molecule has 0 bridgehead atoms. The fourth-order valence-corrected chi connectivity index (χ4v) is 8.76. The molecule has 2 aliphatic rings. The quantitative estimate of drug-likeness (QED) is 0.0972. The lowest BCUT2D eigenvalue weighted by molar-refractivity contribution is -0.136. The highest BCUT2D eigenvalue weighted by molar-refractivity contribution is 6.07. The van der Waals surface area contributed by atoms with E-state index in [-0.39, 0.29) is 23.9 Å². The fraction of sp³-hybridized carbons (Fsp3) is 0.532. The van der Waals surface area contributed by atoms with Gasteiger partial charge in [0.15, 0.2) is 0 Å². The minimum absolute atomic E-state index is 0.128. The molecule has 0 spiro atoms. The van der Waals surface area contributed by atoms with E-state index in [1.165, 1.54) is 0 Å². The number of amides is 2. The second-order valence-corrected chi connectivity index (χ2v) is 16.6. The van der Waals surface area contributed by atoms with Gasteiger partial charge in [0.2, 0.25) is 11.8 Å². The molecular weight excluding hydrogens is 713 g/mol. The first-order valence-corrected chi connectivity index (χ1v) is 21.6. The van der Waals surface area contributed by atoms with Crippen molar-refractivity contribution in [2.75, 3.05) is 13.2 Å². The van der Waals surface area contributed by atoms with E-state index in [2.05, 4.69) is 94.0 Å². The smallest absolute Gasteiger partial charge is 0.223 e. The van der Waals surface area contributed by atoms with Crippen LogP contribution in [-0.2, 0) is 34.0 Å². The number of carbonyl (C=O) groups excluding carboxylic acids is 2. The number of carbonyl (C=O) groups is 2. The van der Waals surface area contributed by atoms with Gasteiger partial charge in [0, 0.05) is 49.1 Å². The summed E-state index contributed by atoms with van der Waals surface area (Å²) >= 11 is 0. The number of imidazole rings is 2. The zero-order valence-corrected chi connectivity index (χ0v) is 35.0. The summed E-state index contributed by atoms with van der Waals surface area (Å²) in [5.41, 5.74) is 7.14. The van der Waals surface area contributed by atoms with Gasteiger partial charge in [-0.3, -0.25) is 9.59 Å². The molecule has 3 aromatic carbocycles. The van der Waals surface area contributed by atoms with Crippen molar-refractivity contribution in [1.29, 1.82) is 0 Å². The number of fused-ring (bicyclic) bond motifs is 6. The van der Waals surface area contributed by atoms with Crippen molar-refractivity contribution in [2.24, 2.45) is 11.8 Å². The Kier molecular flexibility index (Phi) is 13.0. The molecule has 2 aliphatic heterocycles. The van der Waals surface area contributed by atoms with Crippen molar-refractivity contribution >= 4 is 33.6 Å². The highest BCUT2D eigenvalue weighted by Gasteiger charge is 2.27. The molecule has 57 heavy (non-hydrogen) atoms. The number of benzene rings is 3. The number of hydrogen-bond acceptors (Lipinski definition) is 6. The average molecular weight is 775 g/mol. The van der Waals surface area contributed by atoms with Crippen LogP contribution in [0.25, 0.3) is 44.2 Å². The molecular formula is C47H62N6O4. The van der Waals surface area contributed by atoms with E-state index in [1.54, 1.807) is 0 Å². The monoisotopic (exact) mass is 774 g/mol. The van der Waals surface area contributed by atoms with E-state index in [0.29, 0.717) is 44.4 Å². The van der Waals surface area contributed by atoms with Gasteiger partial charge in [0.1, 0.15) is 24.0 Å². The maximum Gasteiger partial charge on any atom is 0.223 e. The number of nitrogens with one attached hydrogen (secondary N) is 2. The summed E-state index contributed by atoms with van der Waals surface area (Å²) in [6.45, 7) is 15.8. The second kappa shape index (κ2) is 18.3. The van der Waals surface area contributed by atoms with E-state index in [1.807, 2.05) is 16.0 Å². The first-order chi connectivity index (χ1) is 27.7. The maximum absolute atomic E-state index is 13.7. The topological polar surface area (TPSA) is 116 Å². The average Bonchev–Trinajstić information content (AvgIpc) is 3.88. The lowest BCUT2D eigenvalue weighted by Gasteiger charge is -2.30. The number of H-pyrrole nitrogens is 2. The summed E-state index contributed by atoms with van der Waals surface area (Å²) in [4.78, 5) is 48.0. The normalized spacial score (nSPS) is 15.4. The molecule has 0 saturated carbocycles. The summed E-state index contributed by atoms with van der Waals surface area (Å²) in [6, 6.07) is 15.3. The molecule has 7 rings (SSSR count). The zero-order valence-electron chi connectivity index (χ0n) is 35.0. The van der Waals surface area contributed by atoms with E-state index in [9.17, 15) is 9.59 Å². The number of ether oxygens (including phenoxy) is 2. The van der Waals surface area contributed by atoms with Crippen molar-refractivity contribution in [3.8, 4) is 28.1 Å².